The Hall–Kier alpha value is -0.900. The highest BCUT2D eigenvalue weighted by molar-refractivity contribution is 7.71. The van der Waals surface area contributed by atoms with Gasteiger partial charge in [-0.3, -0.25) is 0 Å². The van der Waals surface area contributed by atoms with Crippen molar-refractivity contribution in [2.24, 2.45) is 0 Å². The molecule has 0 saturated carbocycles. The Balaban J connectivity index is 2.77. The van der Waals surface area contributed by atoms with Gasteiger partial charge in [-0.25, -0.2) is 4.98 Å². The molecule has 0 aliphatic rings. The van der Waals surface area contributed by atoms with E-state index in [0.29, 0.717) is 14.7 Å². The molecule has 0 fully saturated rings. The lowest BCUT2D eigenvalue weighted by Gasteiger charge is -2.10. The van der Waals surface area contributed by atoms with Crippen LogP contribution in [-0.4, -0.2) is 9.97 Å². The number of nitrogens with zero attached hydrogens (tertiary/aromatic N) is 1. The van der Waals surface area contributed by atoms with Crippen LogP contribution < -0.4 is 0 Å². The number of H-pyrrole nitrogens is 1. The van der Waals surface area contributed by atoms with Crippen LogP contribution in [0.3, 0.4) is 0 Å². The highest BCUT2D eigenvalue weighted by Crippen LogP contribution is 2.33. The number of rotatable bonds is 1. The van der Waals surface area contributed by atoms with E-state index < -0.39 is 0 Å². The predicted molar refractivity (Wildman–Crippen MR) is 74.4 cm³/mol. The number of aromatic amines is 1. The van der Waals surface area contributed by atoms with Crippen LogP contribution in [0.25, 0.3) is 11.3 Å². The second kappa shape index (κ2) is 4.77. The van der Waals surface area contributed by atoms with Crippen molar-refractivity contribution in [3.8, 4) is 11.3 Å². The van der Waals surface area contributed by atoms with E-state index in [4.69, 9.17) is 35.4 Å². The Morgan fingerprint density at radius 2 is 1.94 bits per heavy atom. The Morgan fingerprint density at radius 3 is 2.65 bits per heavy atom. The van der Waals surface area contributed by atoms with Gasteiger partial charge in [-0.15, -0.1) is 0 Å². The molecule has 0 saturated heterocycles. The average molecular weight is 285 g/mol. The van der Waals surface area contributed by atoms with Gasteiger partial charge in [-0.05, 0) is 19.9 Å². The van der Waals surface area contributed by atoms with E-state index >= 15 is 0 Å². The van der Waals surface area contributed by atoms with Crippen LogP contribution in [0.15, 0.2) is 18.2 Å². The van der Waals surface area contributed by atoms with Gasteiger partial charge in [0.2, 0.25) is 0 Å². The number of aryl methyl sites for hydroxylation is 1. The predicted octanol–water partition coefficient (Wildman–Crippen LogP) is 4.73. The molecule has 0 radical (unpaired) electrons. The molecule has 1 aromatic heterocycles. The maximum Gasteiger partial charge on any atom is 0.133 e. The first kappa shape index (κ1) is 12.6. The molecular weight excluding hydrogens is 275 g/mol. The third-order valence-corrected chi connectivity index (χ3v) is 3.71. The zero-order valence-electron chi connectivity index (χ0n) is 9.34. The zero-order chi connectivity index (χ0) is 12.6. The minimum Gasteiger partial charge on any atom is -0.343 e. The van der Waals surface area contributed by atoms with Crippen LogP contribution in [0.1, 0.15) is 11.4 Å². The van der Waals surface area contributed by atoms with E-state index in [-0.39, 0.29) is 0 Å². The quantitative estimate of drug-likeness (QED) is 0.767. The Kier molecular flexibility index (Phi) is 3.52. The molecule has 2 nitrogen and oxygen atoms in total. The highest BCUT2D eigenvalue weighted by Gasteiger charge is 2.11. The van der Waals surface area contributed by atoms with Gasteiger partial charge in [0.1, 0.15) is 10.5 Å². The zero-order valence-corrected chi connectivity index (χ0v) is 11.7. The molecule has 88 valence electrons. The first-order chi connectivity index (χ1) is 8.00. The number of aromatic nitrogens is 2. The van der Waals surface area contributed by atoms with E-state index in [9.17, 15) is 0 Å². The summed E-state index contributed by atoms with van der Waals surface area (Å²) in [5, 5.41) is 1.05. The third-order valence-electron chi connectivity index (χ3n) is 2.49. The van der Waals surface area contributed by atoms with E-state index in [1.165, 1.54) is 0 Å². The first-order valence-electron chi connectivity index (χ1n) is 5.02. The van der Waals surface area contributed by atoms with Crippen LogP contribution in [-0.2, 0) is 0 Å². The molecule has 0 aliphatic carbocycles. The van der Waals surface area contributed by atoms with Gasteiger partial charge < -0.3 is 4.98 Å². The van der Waals surface area contributed by atoms with E-state index in [0.717, 1.165) is 22.6 Å². The minimum atomic E-state index is 0.522. The van der Waals surface area contributed by atoms with Gasteiger partial charge >= 0.3 is 0 Å². The molecule has 0 spiro atoms. The van der Waals surface area contributed by atoms with Crippen molar-refractivity contribution < 1.29 is 0 Å². The van der Waals surface area contributed by atoms with Gasteiger partial charge in [-0.1, -0.05) is 47.6 Å². The summed E-state index contributed by atoms with van der Waals surface area (Å²) in [4.78, 5) is 7.37. The monoisotopic (exact) mass is 284 g/mol. The second-order valence-electron chi connectivity index (χ2n) is 3.73. The number of halogens is 2. The molecule has 0 atom stereocenters. The third kappa shape index (κ3) is 2.37. The van der Waals surface area contributed by atoms with Crippen LogP contribution in [0.2, 0.25) is 10.0 Å². The highest BCUT2D eigenvalue weighted by atomic mass is 35.5. The molecule has 17 heavy (non-hydrogen) atoms. The Labute approximate surface area is 115 Å². The fraction of sp³-hybridized carbons (Fsp3) is 0.167. The van der Waals surface area contributed by atoms with Crippen molar-refractivity contribution in [3.05, 3.63) is 44.3 Å². The van der Waals surface area contributed by atoms with Crippen molar-refractivity contribution in [1.82, 2.24) is 9.97 Å². The van der Waals surface area contributed by atoms with Crippen molar-refractivity contribution in [2.75, 3.05) is 0 Å². The molecule has 2 rings (SSSR count). The van der Waals surface area contributed by atoms with Crippen LogP contribution in [0.5, 0.6) is 0 Å². The lowest BCUT2D eigenvalue weighted by molar-refractivity contribution is 1.02. The molecule has 0 amide bonds. The molecular formula is C12H10Cl2N2S. The molecule has 1 aromatic carbocycles. The van der Waals surface area contributed by atoms with Gasteiger partial charge in [0.15, 0.2) is 0 Å². The SMILES string of the molecule is Cc1nc(=S)c(C)c(-c2cccc(Cl)c2Cl)[nH]1. The number of benzene rings is 1. The minimum absolute atomic E-state index is 0.522. The number of hydrogen-bond donors (Lipinski definition) is 1. The first-order valence-corrected chi connectivity index (χ1v) is 6.19. The van der Waals surface area contributed by atoms with Crippen molar-refractivity contribution in [1.29, 1.82) is 0 Å². The maximum absolute atomic E-state index is 6.20. The molecule has 2 aromatic rings. The van der Waals surface area contributed by atoms with E-state index in [2.05, 4.69) is 9.97 Å². The summed E-state index contributed by atoms with van der Waals surface area (Å²) in [6, 6.07) is 5.52. The van der Waals surface area contributed by atoms with Crippen molar-refractivity contribution in [2.45, 2.75) is 13.8 Å². The summed E-state index contributed by atoms with van der Waals surface area (Å²) in [5.74, 6) is 0.756. The summed E-state index contributed by atoms with van der Waals surface area (Å²) in [6.45, 7) is 3.77. The Morgan fingerprint density at radius 1 is 1.24 bits per heavy atom. The summed E-state index contributed by atoms with van der Waals surface area (Å²) >= 11 is 17.4. The summed E-state index contributed by atoms with van der Waals surface area (Å²) in [6.07, 6.45) is 0. The summed E-state index contributed by atoms with van der Waals surface area (Å²) in [5.41, 5.74) is 2.61. The average Bonchev–Trinajstić information content (AvgIpc) is 2.27. The smallest absolute Gasteiger partial charge is 0.133 e. The lowest BCUT2D eigenvalue weighted by Crippen LogP contribution is -1.96. The largest absolute Gasteiger partial charge is 0.343 e. The standard InChI is InChI=1S/C12H10Cl2N2S/c1-6-11(15-7(2)16-12(6)17)8-4-3-5-9(13)10(8)14/h3-5H,1-2H3,(H,15,16,17). The normalized spacial score (nSPS) is 10.6. The van der Waals surface area contributed by atoms with Crippen molar-refractivity contribution >= 4 is 35.4 Å². The molecule has 0 unspecified atom stereocenters. The van der Waals surface area contributed by atoms with E-state index in [1.807, 2.05) is 26.0 Å². The van der Waals surface area contributed by atoms with Gasteiger partial charge in [0, 0.05) is 11.1 Å². The van der Waals surface area contributed by atoms with Gasteiger partial charge in [0.25, 0.3) is 0 Å². The molecule has 5 heteroatoms. The second-order valence-corrected chi connectivity index (χ2v) is 4.90. The van der Waals surface area contributed by atoms with Gasteiger partial charge in [-0.2, -0.15) is 0 Å². The van der Waals surface area contributed by atoms with Crippen molar-refractivity contribution in [3.63, 3.8) is 0 Å². The lowest BCUT2D eigenvalue weighted by atomic mass is 10.1. The molecule has 0 aliphatic heterocycles. The maximum atomic E-state index is 6.20. The van der Waals surface area contributed by atoms with Gasteiger partial charge in [0.05, 0.1) is 15.7 Å². The fourth-order valence-corrected chi connectivity index (χ4v) is 2.25. The summed E-state index contributed by atoms with van der Waals surface area (Å²) in [7, 11) is 0. The number of nitrogens with one attached hydrogen (secondary N) is 1. The molecule has 0 bridgehead atoms. The Bertz CT molecular complexity index is 635. The fourth-order valence-electron chi connectivity index (χ4n) is 1.61. The number of hydrogen-bond acceptors (Lipinski definition) is 2. The molecule has 1 heterocycles. The van der Waals surface area contributed by atoms with E-state index in [1.54, 1.807) is 6.07 Å². The van der Waals surface area contributed by atoms with Crippen LogP contribution in [0, 0.1) is 18.5 Å². The van der Waals surface area contributed by atoms with Crippen LogP contribution >= 0.6 is 35.4 Å². The molecule has 1 N–H and O–H groups in total. The van der Waals surface area contributed by atoms with Crippen LogP contribution in [0.4, 0.5) is 0 Å². The topological polar surface area (TPSA) is 28.7 Å². The summed E-state index contributed by atoms with van der Waals surface area (Å²) < 4.78 is 0.576.